The average molecular weight is 180 g/mol. The van der Waals surface area contributed by atoms with Gasteiger partial charge in [0.15, 0.2) is 0 Å². The largest absolute Gasteiger partial charge is 0.508 e. The Bertz CT molecular complexity index is 322. The molecule has 2 unspecified atom stereocenters. The molecule has 0 spiro atoms. The summed E-state index contributed by atoms with van der Waals surface area (Å²) >= 11 is 0. The van der Waals surface area contributed by atoms with Gasteiger partial charge in [-0.2, -0.15) is 0 Å². The summed E-state index contributed by atoms with van der Waals surface area (Å²) in [5.74, 6) is 0.625. The maximum Gasteiger partial charge on any atom is 0.125 e. The first kappa shape index (κ1) is 8.38. The fourth-order valence-corrected chi connectivity index (χ4v) is 1.55. The number of hydrogen-bond donors (Lipinski definition) is 2. The van der Waals surface area contributed by atoms with E-state index in [9.17, 15) is 5.11 Å². The van der Waals surface area contributed by atoms with Gasteiger partial charge >= 0.3 is 0 Å². The Morgan fingerprint density at radius 2 is 2.15 bits per heavy atom. The lowest BCUT2D eigenvalue weighted by atomic mass is 9.93. The second kappa shape index (κ2) is 2.92. The van der Waals surface area contributed by atoms with E-state index >= 15 is 0 Å². The molecule has 1 aliphatic heterocycles. The molecule has 1 aromatic carbocycles. The Morgan fingerprint density at radius 3 is 2.62 bits per heavy atom. The summed E-state index contributed by atoms with van der Waals surface area (Å²) < 4.78 is 5.31. The molecule has 1 aliphatic rings. The number of hydrogen-bond acceptors (Lipinski definition) is 3. The molecule has 1 aromatic rings. The Hall–Kier alpha value is -1.22. The molecule has 0 radical (unpaired) electrons. The van der Waals surface area contributed by atoms with E-state index in [2.05, 4.69) is 6.92 Å². The molecule has 0 aliphatic carbocycles. The summed E-state index contributed by atoms with van der Waals surface area (Å²) in [6.07, 6.45) is -0.0133. The van der Waals surface area contributed by atoms with Crippen LogP contribution in [0.25, 0.3) is 0 Å². The lowest BCUT2D eigenvalue weighted by molar-refractivity contribution is -0.110. The second-order valence-corrected chi connectivity index (χ2v) is 3.47. The zero-order valence-corrected chi connectivity index (χ0v) is 7.40. The van der Waals surface area contributed by atoms with Crippen molar-refractivity contribution >= 4 is 0 Å². The van der Waals surface area contributed by atoms with Gasteiger partial charge in [0.1, 0.15) is 11.5 Å². The van der Waals surface area contributed by atoms with E-state index in [0.717, 1.165) is 12.2 Å². The first-order valence-corrected chi connectivity index (χ1v) is 4.32. The molecule has 0 saturated carbocycles. The van der Waals surface area contributed by atoms with Crippen LogP contribution in [0, 0.1) is 5.92 Å². The topological polar surface area (TPSA) is 49.7 Å². The smallest absolute Gasteiger partial charge is 0.125 e. The van der Waals surface area contributed by atoms with Crippen molar-refractivity contribution in [3.8, 4) is 11.5 Å². The van der Waals surface area contributed by atoms with Crippen molar-refractivity contribution in [3.63, 3.8) is 0 Å². The van der Waals surface area contributed by atoms with E-state index in [1.165, 1.54) is 6.07 Å². The standard InChI is InChI=1S/C10H12O3/c1-6-5-13-10(6)8-3-2-7(11)4-9(8)12/h2-4,6,10-12H,5H2,1H3. The van der Waals surface area contributed by atoms with E-state index in [-0.39, 0.29) is 17.6 Å². The Labute approximate surface area is 76.6 Å². The van der Waals surface area contributed by atoms with Gasteiger partial charge in [-0.15, -0.1) is 0 Å². The Kier molecular flexibility index (Phi) is 1.88. The van der Waals surface area contributed by atoms with Crippen LogP contribution in [0.5, 0.6) is 11.5 Å². The third kappa shape index (κ3) is 1.35. The molecule has 2 N–H and O–H groups in total. The van der Waals surface area contributed by atoms with Crippen molar-refractivity contribution in [3.05, 3.63) is 23.8 Å². The lowest BCUT2D eigenvalue weighted by Gasteiger charge is -2.34. The van der Waals surface area contributed by atoms with Crippen LogP contribution in [-0.4, -0.2) is 16.8 Å². The van der Waals surface area contributed by atoms with Gasteiger partial charge in [-0.1, -0.05) is 6.92 Å². The molecule has 1 heterocycles. The SMILES string of the molecule is CC1COC1c1ccc(O)cc1O. The van der Waals surface area contributed by atoms with Crippen LogP contribution in [0.15, 0.2) is 18.2 Å². The number of rotatable bonds is 1. The van der Waals surface area contributed by atoms with Crippen molar-refractivity contribution in [2.75, 3.05) is 6.61 Å². The highest BCUT2D eigenvalue weighted by Crippen LogP contribution is 2.40. The van der Waals surface area contributed by atoms with E-state index in [1.54, 1.807) is 12.1 Å². The number of benzene rings is 1. The zero-order chi connectivity index (χ0) is 9.42. The highest BCUT2D eigenvalue weighted by Gasteiger charge is 2.31. The van der Waals surface area contributed by atoms with E-state index in [1.807, 2.05) is 0 Å². The average Bonchev–Trinajstić information content (AvgIpc) is 2.07. The van der Waals surface area contributed by atoms with Crippen LogP contribution < -0.4 is 0 Å². The molecule has 1 saturated heterocycles. The maximum atomic E-state index is 9.50. The van der Waals surface area contributed by atoms with Gasteiger partial charge in [-0.05, 0) is 12.1 Å². The minimum atomic E-state index is -0.0133. The third-order valence-electron chi connectivity index (χ3n) is 2.38. The molecule has 0 bridgehead atoms. The molecule has 13 heavy (non-hydrogen) atoms. The summed E-state index contributed by atoms with van der Waals surface area (Å²) in [5.41, 5.74) is 0.761. The quantitative estimate of drug-likeness (QED) is 0.692. The maximum absolute atomic E-state index is 9.50. The van der Waals surface area contributed by atoms with E-state index in [0.29, 0.717) is 5.92 Å². The van der Waals surface area contributed by atoms with Crippen molar-refractivity contribution in [2.24, 2.45) is 5.92 Å². The minimum Gasteiger partial charge on any atom is -0.508 e. The minimum absolute atomic E-state index is 0.0133. The molecule has 2 atom stereocenters. The third-order valence-corrected chi connectivity index (χ3v) is 2.38. The second-order valence-electron chi connectivity index (χ2n) is 3.47. The molecular weight excluding hydrogens is 168 g/mol. The summed E-state index contributed by atoms with van der Waals surface area (Å²) in [4.78, 5) is 0. The van der Waals surface area contributed by atoms with Gasteiger partial charge in [0.05, 0.1) is 12.7 Å². The first-order valence-electron chi connectivity index (χ1n) is 4.32. The molecule has 70 valence electrons. The van der Waals surface area contributed by atoms with Crippen LogP contribution in [-0.2, 0) is 4.74 Å². The van der Waals surface area contributed by atoms with Crippen LogP contribution in [0.2, 0.25) is 0 Å². The van der Waals surface area contributed by atoms with Crippen LogP contribution in [0.3, 0.4) is 0 Å². The summed E-state index contributed by atoms with van der Waals surface area (Å²) in [6.45, 7) is 2.81. The van der Waals surface area contributed by atoms with E-state index < -0.39 is 0 Å². The monoisotopic (exact) mass is 180 g/mol. The zero-order valence-electron chi connectivity index (χ0n) is 7.40. The molecule has 3 heteroatoms. The van der Waals surface area contributed by atoms with E-state index in [4.69, 9.17) is 9.84 Å². The van der Waals surface area contributed by atoms with Gasteiger partial charge in [0.2, 0.25) is 0 Å². The van der Waals surface area contributed by atoms with Gasteiger partial charge in [-0.25, -0.2) is 0 Å². The lowest BCUT2D eigenvalue weighted by Crippen LogP contribution is -2.29. The molecule has 2 rings (SSSR count). The fraction of sp³-hybridized carbons (Fsp3) is 0.400. The number of ether oxygens (including phenoxy) is 1. The Morgan fingerprint density at radius 1 is 1.38 bits per heavy atom. The highest BCUT2D eigenvalue weighted by molar-refractivity contribution is 5.41. The Balaban J connectivity index is 2.30. The molecule has 3 nitrogen and oxygen atoms in total. The van der Waals surface area contributed by atoms with Crippen LogP contribution in [0.1, 0.15) is 18.6 Å². The van der Waals surface area contributed by atoms with Crippen LogP contribution in [0.4, 0.5) is 0 Å². The number of phenolic OH excluding ortho intramolecular Hbond substituents is 2. The van der Waals surface area contributed by atoms with Crippen molar-refractivity contribution in [1.82, 2.24) is 0 Å². The van der Waals surface area contributed by atoms with Crippen molar-refractivity contribution in [1.29, 1.82) is 0 Å². The van der Waals surface area contributed by atoms with Crippen molar-refractivity contribution < 1.29 is 14.9 Å². The summed E-state index contributed by atoms with van der Waals surface area (Å²) in [7, 11) is 0. The molecule has 1 fully saturated rings. The van der Waals surface area contributed by atoms with Gasteiger partial charge in [0.25, 0.3) is 0 Å². The van der Waals surface area contributed by atoms with Gasteiger partial charge in [0, 0.05) is 17.5 Å². The highest BCUT2D eigenvalue weighted by atomic mass is 16.5. The van der Waals surface area contributed by atoms with Crippen molar-refractivity contribution in [2.45, 2.75) is 13.0 Å². The predicted molar refractivity (Wildman–Crippen MR) is 47.6 cm³/mol. The number of aromatic hydroxyl groups is 2. The number of phenols is 2. The molecule has 0 aromatic heterocycles. The molecular formula is C10H12O3. The summed E-state index contributed by atoms with van der Waals surface area (Å²) in [6, 6.07) is 4.60. The van der Waals surface area contributed by atoms with Gasteiger partial charge in [-0.3, -0.25) is 0 Å². The van der Waals surface area contributed by atoms with Gasteiger partial charge < -0.3 is 14.9 Å². The predicted octanol–water partition coefficient (Wildman–Crippen LogP) is 1.81. The normalized spacial score (nSPS) is 26.8. The molecule has 0 amide bonds. The summed E-state index contributed by atoms with van der Waals surface area (Å²) in [5, 5.41) is 18.6. The van der Waals surface area contributed by atoms with Crippen LogP contribution >= 0.6 is 0 Å². The first-order chi connectivity index (χ1) is 6.18. The fourth-order valence-electron chi connectivity index (χ4n) is 1.55.